The molecule has 1 N–H and O–H groups in total. The van der Waals surface area contributed by atoms with E-state index in [1.807, 2.05) is 31.4 Å². The Morgan fingerprint density at radius 3 is 2.42 bits per heavy atom. The molecule has 1 aliphatic rings. The van der Waals surface area contributed by atoms with Crippen LogP contribution in [0.5, 0.6) is 5.75 Å². The van der Waals surface area contributed by atoms with Gasteiger partial charge in [-0.15, -0.1) is 0 Å². The summed E-state index contributed by atoms with van der Waals surface area (Å²) in [5.74, 6) is 1.66. The number of fused-ring (bicyclic) bond motifs is 2. The molecule has 1 aliphatic heterocycles. The summed E-state index contributed by atoms with van der Waals surface area (Å²) in [5, 5.41) is 9.30. The lowest BCUT2D eigenvalue weighted by atomic mass is 9.79. The van der Waals surface area contributed by atoms with Gasteiger partial charge in [0.15, 0.2) is 6.79 Å². The predicted octanol–water partition coefficient (Wildman–Crippen LogP) is 4.91. The number of benzene rings is 1. The van der Waals surface area contributed by atoms with Crippen molar-refractivity contribution in [1.82, 2.24) is 25.1 Å². The van der Waals surface area contributed by atoms with Crippen molar-refractivity contribution >= 4 is 27.8 Å². The van der Waals surface area contributed by atoms with Gasteiger partial charge in [0.2, 0.25) is 0 Å². The molecule has 3 aromatic heterocycles. The second-order valence-electron chi connectivity index (χ2n) is 11.2. The second-order valence-corrected chi connectivity index (χ2v) is 11.2. The first kappa shape index (κ1) is 24.5. The summed E-state index contributed by atoms with van der Waals surface area (Å²) < 4.78 is 12.8. The molecule has 0 spiro atoms. The fraction of sp³-hybridized carbons (Fsp3) is 0.464. The Balaban J connectivity index is 1.48. The SMILES string of the molecule is COCOc1cc2nn(C)cc2cc1-c1ccc2nc(N(C)C3CC(C)(C)NC(C)(C)C3)ccc2n1. The zero-order valence-electron chi connectivity index (χ0n) is 22.3. The first-order valence-electron chi connectivity index (χ1n) is 12.4. The van der Waals surface area contributed by atoms with Crippen molar-refractivity contribution in [2.45, 2.75) is 57.7 Å². The van der Waals surface area contributed by atoms with Gasteiger partial charge in [0.25, 0.3) is 0 Å². The lowest BCUT2D eigenvalue weighted by Crippen LogP contribution is -2.62. The molecule has 0 bridgehead atoms. The van der Waals surface area contributed by atoms with Crippen molar-refractivity contribution < 1.29 is 9.47 Å². The molecule has 5 rings (SSSR count). The average molecular weight is 489 g/mol. The topological polar surface area (TPSA) is 77.3 Å². The zero-order chi connectivity index (χ0) is 25.7. The van der Waals surface area contributed by atoms with E-state index >= 15 is 0 Å². The normalized spacial score (nSPS) is 17.5. The number of anilines is 1. The molecule has 4 heterocycles. The number of nitrogens with zero attached hydrogens (tertiary/aromatic N) is 5. The molecule has 8 heteroatoms. The van der Waals surface area contributed by atoms with E-state index in [4.69, 9.17) is 19.4 Å². The Hall–Kier alpha value is -3.23. The lowest BCUT2D eigenvalue weighted by molar-refractivity contribution is 0.0516. The van der Waals surface area contributed by atoms with Crippen LogP contribution in [0.25, 0.3) is 33.2 Å². The van der Waals surface area contributed by atoms with Gasteiger partial charge < -0.3 is 19.7 Å². The van der Waals surface area contributed by atoms with Gasteiger partial charge in [-0.3, -0.25) is 4.68 Å². The number of hydrogen-bond acceptors (Lipinski definition) is 7. The van der Waals surface area contributed by atoms with E-state index < -0.39 is 0 Å². The summed E-state index contributed by atoms with van der Waals surface area (Å²) in [6.45, 7) is 9.27. The summed E-state index contributed by atoms with van der Waals surface area (Å²) in [6.07, 6.45) is 4.11. The third-order valence-corrected chi connectivity index (χ3v) is 6.93. The van der Waals surface area contributed by atoms with Crippen LogP contribution in [0.2, 0.25) is 0 Å². The molecule has 0 saturated carbocycles. The highest BCUT2D eigenvalue weighted by Crippen LogP contribution is 2.35. The molecule has 0 amide bonds. The molecule has 190 valence electrons. The first-order chi connectivity index (χ1) is 17.0. The summed E-state index contributed by atoms with van der Waals surface area (Å²) in [5.41, 5.74) is 4.46. The Morgan fingerprint density at radius 2 is 1.69 bits per heavy atom. The summed E-state index contributed by atoms with van der Waals surface area (Å²) >= 11 is 0. The van der Waals surface area contributed by atoms with Crippen LogP contribution in [0.3, 0.4) is 0 Å². The molecule has 0 unspecified atom stereocenters. The van der Waals surface area contributed by atoms with Crippen LogP contribution in [0.1, 0.15) is 40.5 Å². The maximum absolute atomic E-state index is 5.88. The number of ether oxygens (including phenoxy) is 2. The molecule has 1 fully saturated rings. The van der Waals surface area contributed by atoms with Crippen molar-refractivity contribution in [2.75, 3.05) is 25.9 Å². The average Bonchev–Trinajstić information content (AvgIpc) is 3.17. The molecule has 8 nitrogen and oxygen atoms in total. The quantitative estimate of drug-likeness (QED) is 0.386. The molecular formula is C28H36N6O2. The molecule has 0 radical (unpaired) electrons. The van der Waals surface area contributed by atoms with Gasteiger partial charge in [-0.2, -0.15) is 5.10 Å². The highest BCUT2D eigenvalue weighted by atomic mass is 16.7. The van der Waals surface area contributed by atoms with E-state index in [1.54, 1.807) is 11.8 Å². The predicted molar refractivity (Wildman–Crippen MR) is 144 cm³/mol. The molecule has 0 aliphatic carbocycles. The third-order valence-electron chi connectivity index (χ3n) is 6.93. The number of pyridine rings is 2. The van der Waals surface area contributed by atoms with Gasteiger partial charge in [-0.25, -0.2) is 9.97 Å². The van der Waals surface area contributed by atoms with Crippen molar-refractivity contribution in [3.8, 4) is 17.0 Å². The van der Waals surface area contributed by atoms with E-state index in [1.165, 1.54) is 0 Å². The third kappa shape index (κ3) is 4.88. The Kier molecular flexibility index (Phi) is 6.12. The van der Waals surface area contributed by atoms with Gasteiger partial charge >= 0.3 is 0 Å². The van der Waals surface area contributed by atoms with Crippen LogP contribution >= 0.6 is 0 Å². The fourth-order valence-corrected chi connectivity index (χ4v) is 5.69. The first-order valence-corrected chi connectivity index (χ1v) is 12.4. The largest absolute Gasteiger partial charge is 0.467 e. The number of methoxy groups -OCH3 is 1. The van der Waals surface area contributed by atoms with Crippen LogP contribution in [-0.2, 0) is 11.8 Å². The van der Waals surface area contributed by atoms with Crippen molar-refractivity contribution in [1.29, 1.82) is 0 Å². The van der Waals surface area contributed by atoms with Crippen molar-refractivity contribution in [2.24, 2.45) is 7.05 Å². The summed E-state index contributed by atoms with van der Waals surface area (Å²) in [7, 11) is 5.68. The Labute approximate surface area is 212 Å². The molecule has 1 saturated heterocycles. The van der Waals surface area contributed by atoms with E-state index in [-0.39, 0.29) is 17.9 Å². The van der Waals surface area contributed by atoms with E-state index in [2.05, 4.69) is 68.3 Å². The van der Waals surface area contributed by atoms with Gasteiger partial charge in [-0.1, -0.05) is 0 Å². The van der Waals surface area contributed by atoms with Crippen molar-refractivity contribution in [3.63, 3.8) is 0 Å². The van der Waals surface area contributed by atoms with E-state index in [9.17, 15) is 0 Å². The minimum atomic E-state index is 0.0753. The number of aryl methyl sites for hydroxylation is 1. The Bertz CT molecular complexity index is 1390. The molecule has 36 heavy (non-hydrogen) atoms. The number of piperidine rings is 1. The number of hydrogen-bond donors (Lipinski definition) is 1. The lowest BCUT2D eigenvalue weighted by Gasteiger charge is -2.49. The minimum Gasteiger partial charge on any atom is -0.467 e. The van der Waals surface area contributed by atoms with Gasteiger partial charge in [0, 0.05) is 61.5 Å². The highest BCUT2D eigenvalue weighted by molar-refractivity contribution is 5.89. The van der Waals surface area contributed by atoms with Crippen LogP contribution in [0, 0.1) is 0 Å². The van der Waals surface area contributed by atoms with Crippen LogP contribution in [-0.4, -0.2) is 57.8 Å². The summed E-state index contributed by atoms with van der Waals surface area (Å²) in [6, 6.07) is 12.6. The molecule has 0 atom stereocenters. The van der Waals surface area contributed by atoms with Gasteiger partial charge in [0.1, 0.15) is 11.6 Å². The fourth-order valence-electron chi connectivity index (χ4n) is 5.69. The molecule has 4 aromatic rings. The van der Waals surface area contributed by atoms with Crippen LogP contribution < -0.4 is 15.0 Å². The standard InChI is InChI=1S/C28H36N6O2/c1-27(2)14-19(15-28(3,4)32-27)34(6)26-11-10-22-23(30-26)9-8-21(29-22)20-12-18-16-33(5)31-24(18)13-25(20)36-17-35-7/h8-13,16,19,32H,14-15,17H2,1-7H3. The maximum atomic E-state index is 5.88. The summed E-state index contributed by atoms with van der Waals surface area (Å²) in [4.78, 5) is 12.3. The second kappa shape index (κ2) is 9.01. The van der Waals surface area contributed by atoms with Crippen LogP contribution in [0.15, 0.2) is 42.6 Å². The zero-order valence-corrected chi connectivity index (χ0v) is 22.3. The Morgan fingerprint density at radius 1 is 1.00 bits per heavy atom. The maximum Gasteiger partial charge on any atom is 0.188 e. The smallest absolute Gasteiger partial charge is 0.188 e. The van der Waals surface area contributed by atoms with E-state index in [0.717, 1.165) is 51.9 Å². The number of nitrogens with one attached hydrogen (secondary N) is 1. The van der Waals surface area contributed by atoms with Gasteiger partial charge in [0.05, 0.1) is 22.2 Å². The van der Waals surface area contributed by atoms with Crippen molar-refractivity contribution in [3.05, 3.63) is 42.6 Å². The van der Waals surface area contributed by atoms with Crippen LogP contribution in [0.4, 0.5) is 5.82 Å². The van der Waals surface area contributed by atoms with E-state index in [0.29, 0.717) is 11.8 Å². The van der Waals surface area contributed by atoms with Gasteiger partial charge in [-0.05, 0) is 70.9 Å². The molecular weight excluding hydrogens is 452 g/mol. The number of rotatable bonds is 6. The highest BCUT2D eigenvalue weighted by Gasteiger charge is 2.39. The minimum absolute atomic E-state index is 0.0753. The number of aromatic nitrogens is 4. The monoisotopic (exact) mass is 488 g/mol. The molecule has 1 aromatic carbocycles.